The van der Waals surface area contributed by atoms with Gasteiger partial charge >= 0.3 is 5.97 Å². The first-order valence-corrected chi connectivity index (χ1v) is 10.7. The Balaban J connectivity index is 1.72. The number of amides is 2. The number of hydrogen-bond donors (Lipinski definition) is 3. The molecule has 2 amide bonds. The average molecular weight is 439 g/mol. The average Bonchev–Trinajstić information content (AvgIpc) is 2.78. The Morgan fingerprint density at radius 3 is 2.41 bits per heavy atom. The predicted octanol–water partition coefficient (Wildman–Crippen LogP) is 1.73. The first-order valence-electron chi connectivity index (χ1n) is 10.7. The lowest BCUT2D eigenvalue weighted by Gasteiger charge is -2.38. The van der Waals surface area contributed by atoms with Crippen molar-refractivity contribution < 1.29 is 24.6 Å². The maximum atomic E-state index is 13.4. The smallest absolute Gasteiger partial charge is 0.341 e. The van der Waals surface area contributed by atoms with E-state index in [1.165, 1.54) is 9.47 Å². The van der Waals surface area contributed by atoms with Crippen molar-refractivity contribution in [2.24, 2.45) is 0 Å². The summed E-state index contributed by atoms with van der Waals surface area (Å²) in [6.45, 7) is 0.0390. The van der Waals surface area contributed by atoms with Gasteiger partial charge in [-0.05, 0) is 18.4 Å². The minimum Gasteiger partial charge on any atom is -0.503 e. The summed E-state index contributed by atoms with van der Waals surface area (Å²) >= 11 is 0. The van der Waals surface area contributed by atoms with Gasteiger partial charge in [0.25, 0.3) is 5.91 Å². The second-order valence-electron chi connectivity index (χ2n) is 8.30. The van der Waals surface area contributed by atoms with E-state index in [0.29, 0.717) is 0 Å². The van der Waals surface area contributed by atoms with Gasteiger partial charge in [0.05, 0.1) is 6.54 Å². The van der Waals surface area contributed by atoms with Gasteiger partial charge in [0, 0.05) is 18.8 Å². The predicted molar refractivity (Wildman–Crippen MR) is 114 cm³/mol. The second kappa shape index (κ2) is 8.86. The Morgan fingerprint density at radius 2 is 1.75 bits per heavy atom. The number of rotatable bonds is 5. The Labute approximate surface area is 184 Å². The summed E-state index contributed by atoms with van der Waals surface area (Å²) in [7, 11) is 0. The fourth-order valence-corrected chi connectivity index (χ4v) is 4.46. The third-order valence-corrected chi connectivity index (χ3v) is 6.15. The Kier molecular flexibility index (Phi) is 5.98. The molecule has 3 N–H and O–H groups in total. The van der Waals surface area contributed by atoms with Crippen molar-refractivity contribution in [1.29, 1.82) is 0 Å². The number of aromatic nitrogens is 1. The van der Waals surface area contributed by atoms with E-state index in [-0.39, 0.29) is 30.7 Å². The Hall–Kier alpha value is -3.62. The molecule has 1 saturated carbocycles. The normalized spacial score (nSPS) is 18.8. The Morgan fingerprint density at radius 1 is 1.06 bits per heavy atom. The molecule has 9 nitrogen and oxygen atoms in total. The molecule has 1 aromatic carbocycles. The molecule has 0 saturated heterocycles. The molecule has 1 fully saturated rings. The lowest BCUT2D eigenvalue weighted by Crippen LogP contribution is -2.57. The number of aromatic carboxylic acids is 1. The molecule has 2 aromatic rings. The summed E-state index contributed by atoms with van der Waals surface area (Å²) in [4.78, 5) is 51.6. The number of fused-ring (bicyclic) bond motifs is 1. The van der Waals surface area contributed by atoms with Crippen LogP contribution >= 0.6 is 0 Å². The largest absolute Gasteiger partial charge is 0.503 e. The van der Waals surface area contributed by atoms with Crippen molar-refractivity contribution >= 4 is 17.8 Å². The van der Waals surface area contributed by atoms with Crippen molar-refractivity contribution in [3.05, 3.63) is 63.6 Å². The summed E-state index contributed by atoms with van der Waals surface area (Å²) in [5.74, 6) is -3.46. The van der Waals surface area contributed by atoms with Crippen LogP contribution in [0.15, 0.2) is 41.3 Å². The standard InChI is InChI=1S/C23H25N3O6/c27-19-16(23(31)32)12-25-13-17(21(29)24-15-9-5-2-6-10-15)26(22(30)18(25)20(19)28)11-14-7-3-1-4-8-14/h1,3-4,7-8,12,15,17,28H,2,5-6,9-11,13H2,(H,24,29)(H,31,32)/t17-/m1/s1. The molecule has 1 aliphatic carbocycles. The molecule has 1 aromatic heterocycles. The summed E-state index contributed by atoms with van der Waals surface area (Å²) in [5.41, 5.74) is -1.30. The third-order valence-electron chi connectivity index (χ3n) is 6.15. The number of carbonyl (C=O) groups is 3. The van der Waals surface area contributed by atoms with Gasteiger partial charge in [0.1, 0.15) is 11.6 Å². The highest BCUT2D eigenvalue weighted by atomic mass is 16.4. The highest BCUT2D eigenvalue weighted by Crippen LogP contribution is 2.26. The number of carboxylic acid groups (broad SMARTS) is 1. The van der Waals surface area contributed by atoms with Crippen LogP contribution in [-0.4, -0.2) is 49.5 Å². The van der Waals surface area contributed by atoms with Crippen LogP contribution in [0.2, 0.25) is 0 Å². The van der Waals surface area contributed by atoms with Crippen LogP contribution in [0.1, 0.15) is 58.5 Å². The van der Waals surface area contributed by atoms with Crippen molar-refractivity contribution in [3.63, 3.8) is 0 Å². The molecule has 9 heteroatoms. The molecule has 0 spiro atoms. The molecule has 1 atom stereocenters. The minimum absolute atomic E-state index is 0.0309. The van der Waals surface area contributed by atoms with Crippen molar-refractivity contribution in [1.82, 2.24) is 14.8 Å². The lowest BCUT2D eigenvalue weighted by atomic mass is 9.95. The van der Waals surface area contributed by atoms with Gasteiger partial charge in [-0.3, -0.25) is 14.4 Å². The van der Waals surface area contributed by atoms with Gasteiger partial charge in [-0.1, -0.05) is 49.6 Å². The van der Waals surface area contributed by atoms with E-state index < -0.39 is 34.7 Å². The molecular weight excluding hydrogens is 414 g/mol. The van der Waals surface area contributed by atoms with Gasteiger partial charge in [-0.2, -0.15) is 0 Å². The van der Waals surface area contributed by atoms with Gasteiger partial charge in [0.2, 0.25) is 11.3 Å². The fourth-order valence-electron chi connectivity index (χ4n) is 4.46. The first kappa shape index (κ1) is 21.6. The molecule has 0 unspecified atom stereocenters. The van der Waals surface area contributed by atoms with Crippen LogP contribution in [0.4, 0.5) is 0 Å². The number of nitrogens with one attached hydrogen (secondary N) is 1. The quantitative estimate of drug-likeness (QED) is 0.651. The fraction of sp³-hybridized carbons (Fsp3) is 0.391. The van der Waals surface area contributed by atoms with E-state index >= 15 is 0 Å². The zero-order chi connectivity index (χ0) is 22.8. The monoisotopic (exact) mass is 439 g/mol. The van der Waals surface area contributed by atoms with Gasteiger partial charge in [0.15, 0.2) is 11.4 Å². The van der Waals surface area contributed by atoms with E-state index in [4.69, 9.17) is 0 Å². The minimum atomic E-state index is -1.51. The first-order chi connectivity index (χ1) is 15.4. The van der Waals surface area contributed by atoms with E-state index in [1.54, 1.807) is 0 Å². The molecule has 32 heavy (non-hydrogen) atoms. The van der Waals surface area contributed by atoms with E-state index in [2.05, 4.69) is 5.32 Å². The summed E-state index contributed by atoms with van der Waals surface area (Å²) in [5, 5.41) is 22.7. The highest BCUT2D eigenvalue weighted by Gasteiger charge is 2.40. The zero-order valence-electron chi connectivity index (χ0n) is 17.5. The van der Waals surface area contributed by atoms with E-state index in [0.717, 1.165) is 43.9 Å². The van der Waals surface area contributed by atoms with Crippen LogP contribution in [0.3, 0.4) is 0 Å². The van der Waals surface area contributed by atoms with Crippen molar-refractivity contribution in [3.8, 4) is 5.75 Å². The maximum absolute atomic E-state index is 13.4. The lowest BCUT2D eigenvalue weighted by molar-refractivity contribution is -0.127. The number of carbonyl (C=O) groups excluding carboxylic acids is 2. The van der Waals surface area contributed by atoms with E-state index in [9.17, 15) is 29.4 Å². The number of nitrogens with zero attached hydrogens (tertiary/aromatic N) is 2. The second-order valence-corrected chi connectivity index (χ2v) is 8.30. The van der Waals surface area contributed by atoms with Crippen molar-refractivity contribution in [2.45, 2.75) is 57.3 Å². The van der Waals surface area contributed by atoms with Crippen LogP contribution in [-0.2, 0) is 17.9 Å². The molecule has 2 heterocycles. The maximum Gasteiger partial charge on any atom is 0.341 e. The highest BCUT2D eigenvalue weighted by molar-refractivity contribution is 6.00. The van der Waals surface area contributed by atoms with Gasteiger partial charge in [-0.25, -0.2) is 4.79 Å². The molecule has 168 valence electrons. The zero-order valence-corrected chi connectivity index (χ0v) is 17.5. The van der Waals surface area contributed by atoms with Gasteiger partial charge in [-0.15, -0.1) is 0 Å². The molecule has 2 aliphatic rings. The summed E-state index contributed by atoms with van der Waals surface area (Å²) in [6.07, 6.45) is 5.96. The van der Waals surface area contributed by atoms with Crippen molar-refractivity contribution in [2.75, 3.05) is 0 Å². The van der Waals surface area contributed by atoms with Crippen LogP contribution < -0.4 is 10.7 Å². The van der Waals surface area contributed by atoms with E-state index in [1.807, 2.05) is 30.3 Å². The van der Waals surface area contributed by atoms with Crippen LogP contribution in [0.25, 0.3) is 0 Å². The number of pyridine rings is 1. The summed E-state index contributed by atoms with van der Waals surface area (Å²) in [6, 6.07) is 8.22. The SMILES string of the molecule is O=C(O)c1cn2c(c(O)c1=O)C(=O)N(Cc1ccccc1)[C@@H](C(=O)NC1CCCCC1)C2. The topological polar surface area (TPSA) is 129 Å². The number of hydrogen-bond acceptors (Lipinski definition) is 5. The molecule has 4 rings (SSSR count). The molecular formula is C23H25N3O6. The number of aromatic hydroxyl groups is 1. The number of carboxylic acids is 1. The molecule has 0 bridgehead atoms. The van der Waals surface area contributed by atoms with Crippen LogP contribution in [0.5, 0.6) is 5.75 Å². The molecule has 1 aliphatic heterocycles. The third kappa shape index (κ3) is 4.10. The molecule has 0 radical (unpaired) electrons. The van der Waals surface area contributed by atoms with Gasteiger partial charge < -0.3 is 25.0 Å². The summed E-state index contributed by atoms with van der Waals surface area (Å²) < 4.78 is 1.20. The number of benzene rings is 1. The van der Waals surface area contributed by atoms with Crippen LogP contribution in [0, 0.1) is 0 Å². The Bertz CT molecular complexity index is 1100.